The molecule has 0 radical (unpaired) electrons. The molecule has 0 unspecified atom stereocenters. The van der Waals surface area contributed by atoms with E-state index in [0.717, 1.165) is 0 Å². The number of carbonyl (C=O) groups is 1. The van der Waals surface area contributed by atoms with Gasteiger partial charge in [-0.05, 0) is 19.4 Å². The minimum absolute atomic E-state index is 0.0597. The number of carboxylic acid groups (broad SMARTS) is 1. The lowest BCUT2D eigenvalue weighted by atomic mass is 10.1. The molecular formula is C11H15NO3. The molecule has 0 aliphatic heterocycles. The van der Waals surface area contributed by atoms with E-state index >= 15 is 0 Å². The standard InChI is InChI=1S/C11H15NO3/c1-8(2)15-12-10(11(13)14)9-6-4-3-5-7-9/h3-8,10,12H,1-2H3,(H,13,14)/t10-/m1/s1. The maximum atomic E-state index is 11.0. The van der Waals surface area contributed by atoms with E-state index in [-0.39, 0.29) is 6.10 Å². The van der Waals surface area contributed by atoms with E-state index in [2.05, 4.69) is 5.48 Å². The SMILES string of the molecule is CC(C)ON[C@@H](C(=O)O)c1ccccc1. The summed E-state index contributed by atoms with van der Waals surface area (Å²) in [7, 11) is 0. The van der Waals surface area contributed by atoms with Crippen molar-refractivity contribution < 1.29 is 14.7 Å². The van der Waals surface area contributed by atoms with E-state index in [1.165, 1.54) is 0 Å². The van der Waals surface area contributed by atoms with Crippen molar-refractivity contribution in [2.75, 3.05) is 0 Å². The van der Waals surface area contributed by atoms with Crippen LogP contribution in [-0.4, -0.2) is 17.2 Å². The Balaban J connectivity index is 2.71. The minimum atomic E-state index is -0.957. The monoisotopic (exact) mass is 209 g/mol. The van der Waals surface area contributed by atoms with Crippen molar-refractivity contribution in [3.05, 3.63) is 35.9 Å². The van der Waals surface area contributed by atoms with Gasteiger partial charge in [-0.25, -0.2) is 0 Å². The Labute approximate surface area is 88.8 Å². The molecule has 0 saturated carbocycles. The molecule has 15 heavy (non-hydrogen) atoms. The Hall–Kier alpha value is -1.39. The van der Waals surface area contributed by atoms with E-state index in [1.807, 2.05) is 19.9 Å². The van der Waals surface area contributed by atoms with Crippen molar-refractivity contribution in [1.82, 2.24) is 5.48 Å². The van der Waals surface area contributed by atoms with E-state index in [9.17, 15) is 4.79 Å². The van der Waals surface area contributed by atoms with Gasteiger partial charge in [0, 0.05) is 0 Å². The van der Waals surface area contributed by atoms with E-state index in [4.69, 9.17) is 9.94 Å². The maximum Gasteiger partial charge on any atom is 0.327 e. The number of carboxylic acids is 1. The van der Waals surface area contributed by atoms with Gasteiger partial charge in [-0.3, -0.25) is 9.63 Å². The predicted octanol–water partition coefficient (Wildman–Crippen LogP) is 1.74. The summed E-state index contributed by atoms with van der Waals surface area (Å²) < 4.78 is 0. The number of hydrogen-bond donors (Lipinski definition) is 2. The van der Waals surface area contributed by atoms with Gasteiger partial charge in [-0.2, -0.15) is 5.48 Å². The number of nitrogens with one attached hydrogen (secondary N) is 1. The van der Waals surface area contributed by atoms with Crippen LogP contribution >= 0.6 is 0 Å². The molecule has 0 spiro atoms. The third-order valence-electron chi connectivity index (χ3n) is 1.80. The topological polar surface area (TPSA) is 58.6 Å². The Morgan fingerprint density at radius 1 is 1.33 bits per heavy atom. The van der Waals surface area contributed by atoms with Crippen molar-refractivity contribution in [1.29, 1.82) is 0 Å². The lowest BCUT2D eigenvalue weighted by Gasteiger charge is -2.16. The fourth-order valence-corrected chi connectivity index (χ4v) is 1.11. The van der Waals surface area contributed by atoms with Crippen molar-refractivity contribution in [2.24, 2.45) is 0 Å². The fourth-order valence-electron chi connectivity index (χ4n) is 1.11. The number of aliphatic carboxylic acids is 1. The van der Waals surface area contributed by atoms with Crippen molar-refractivity contribution in [3.63, 3.8) is 0 Å². The van der Waals surface area contributed by atoms with Crippen LogP contribution in [0.4, 0.5) is 0 Å². The highest BCUT2D eigenvalue weighted by Gasteiger charge is 2.19. The Kier molecular flexibility index (Phi) is 4.27. The van der Waals surface area contributed by atoms with Crippen LogP contribution in [0.25, 0.3) is 0 Å². The van der Waals surface area contributed by atoms with Crippen molar-refractivity contribution in [2.45, 2.75) is 26.0 Å². The van der Waals surface area contributed by atoms with Crippen LogP contribution in [0, 0.1) is 0 Å². The molecule has 0 amide bonds. The van der Waals surface area contributed by atoms with Crippen LogP contribution in [-0.2, 0) is 9.63 Å². The van der Waals surface area contributed by atoms with Gasteiger partial charge in [0.15, 0.2) is 6.04 Å². The highest BCUT2D eigenvalue weighted by molar-refractivity contribution is 5.75. The van der Waals surface area contributed by atoms with Crippen LogP contribution in [0.2, 0.25) is 0 Å². The molecule has 1 aromatic rings. The van der Waals surface area contributed by atoms with Crippen LogP contribution in [0.3, 0.4) is 0 Å². The molecule has 0 bridgehead atoms. The normalized spacial score (nSPS) is 12.7. The lowest BCUT2D eigenvalue weighted by molar-refractivity contribution is -0.145. The zero-order valence-corrected chi connectivity index (χ0v) is 8.81. The Morgan fingerprint density at radius 2 is 1.93 bits per heavy atom. The molecule has 0 heterocycles. The summed E-state index contributed by atoms with van der Waals surface area (Å²) in [6, 6.07) is 8.09. The average molecular weight is 209 g/mol. The second-order valence-electron chi connectivity index (χ2n) is 3.47. The summed E-state index contributed by atoms with van der Waals surface area (Å²) in [4.78, 5) is 16.1. The lowest BCUT2D eigenvalue weighted by Crippen LogP contribution is -2.30. The van der Waals surface area contributed by atoms with Crippen LogP contribution < -0.4 is 5.48 Å². The molecule has 1 rings (SSSR count). The summed E-state index contributed by atoms with van der Waals surface area (Å²) in [5.74, 6) is -0.957. The molecule has 2 N–H and O–H groups in total. The molecule has 82 valence electrons. The predicted molar refractivity (Wildman–Crippen MR) is 56.2 cm³/mol. The third-order valence-corrected chi connectivity index (χ3v) is 1.80. The van der Waals surface area contributed by atoms with Gasteiger partial charge in [-0.15, -0.1) is 0 Å². The summed E-state index contributed by atoms with van der Waals surface area (Å²) in [5.41, 5.74) is 3.21. The van der Waals surface area contributed by atoms with Crippen LogP contribution in [0.5, 0.6) is 0 Å². The molecule has 4 heteroatoms. The molecule has 1 atom stereocenters. The molecule has 4 nitrogen and oxygen atoms in total. The third kappa shape index (κ3) is 3.69. The summed E-state index contributed by atoms with van der Waals surface area (Å²) in [5, 5.41) is 9.00. The van der Waals surface area contributed by atoms with Gasteiger partial charge in [0.1, 0.15) is 0 Å². The highest BCUT2D eigenvalue weighted by atomic mass is 16.7. The quantitative estimate of drug-likeness (QED) is 0.725. The van der Waals surface area contributed by atoms with Gasteiger partial charge in [0.25, 0.3) is 0 Å². The molecule has 0 aliphatic rings. The molecule has 1 aromatic carbocycles. The van der Waals surface area contributed by atoms with Gasteiger partial charge in [0.2, 0.25) is 0 Å². The Bertz CT molecular complexity index is 311. The first-order valence-electron chi connectivity index (χ1n) is 4.80. The first-order valence-corrected chi connectivity index (χ1v) is 4.80. The van der Waals surface area contributed by atoms with Crippen molar-refractivity contribution >= 4 is 5.97 Å². The number of benzene rings is 1. The highest BCUT2D eigenvalue weighted by Crippen LogP contribution is 2.12. The van der Waals surface area contributed by atoms with Gasteiger partial charge < -0.3 is 5.11 Å². The Morgan fingerprint density at radius 3 is 2.40 bits per heavy atom. The van der Waals surface area contributed by atoms with Gasteiger partial charge >= 0.3 is 5.97 Å². The summed E-state index contributed by atoms with van der Waals surface area (Å²) >= 11 is 0. The smallest absolute Gasteiger partial charge is 0.327 e. The molecule has 0 saturated heterocycles. The maximum absolute atomic E-state index is 11.0. The molecule has 0 aliphatic carbocycles. The van der Waals surface area contributed by atoms with E-state index in [1.54, 1.807) is 24.3 Å². The van der Waals surface area contributed by atoms with Crippen LogP contribution in [0.15, 0.2) is 30.3 Å². The summed E-state index contributed by atoms with van der Waals surface area (Å²) in [6.45, 7) is 3.66. The first kappa shape index (κ1) is 11.7. The van der Waals surface area contributed by atoms with Crippen molar-refractivity contribution in [3.8, 4) is 0 Å². The number of rotatable bonds is 5. The van der Waals surface area contributed by atoms with E-state index in [0.29, 0.717) is 5.56 Å². The average Bonchev–Trinajstić information content (AvgIpc) is 2.18. The van der Waals surface area contributed by atoms with Crippen LogP contribution in [0.1, 0.15) is 25.5 Å². The molecular weight excluding hydrogens is 194 g/mol. The fraction of sp³-hybridized carbons (Fsp3) is 0.364. The zero-order chi connectivity index (χ0) is 11.3. The zero-order valence-electron chi connectivity index (χ0n) is 8.81. The second-order valence-corrected chi connectivity index (χ2v) is 3.47. The number of hydroxylamine groups is 1. The van der Waals surface area contributed by atoms with Gasteiger partial charge in [-0.1, -0.05) is 30.3 Å². The first-order chi connectivity index (χ1) is 7.11. The second kappa shape index (κ2) is 5.48. The minimum Gasteiger partial charge on any atom is -0.480 e. The molecule has 0 aromatic heterocycles. The van der Waals surface area contributed by atoms with E-state index < -0.39 is 12.0 Å². The molecule has 0 fully saturated rings. The van der Waals surface area contributed by atoms with Gasteiger partial charge in [0.05, 0.1) is 6.10 Å². The number of hydrogen-bond acceptors (Lipinski definition) is 3. The largest absolute Gasteiger partial charge is 0.480 e. The summed E-state index contributed by atoms with van der Waals surface area (Å²) in [6.07, 6.45) is -0.0597.